The minimum absolute atomic E-state index is 0.0648. The van der Waals surface area contributed by atoms with Crippen LogP contribution in [0.5, 0.6) is 0 Å². The molecule has 1 N–H and O–H groups in total. The van der Waals surface area contributed by atoms with Crippen LogP contribution in [0.2, 0.25) is 0 Å². The maximum absolute atomic E-state index is 13.0. The summed E-state index contributed by atoms with van der Waals surface area (Å²) < 4.78 is 2.24. The summed E-state index contributed by atoms with van der Waals surface area (Å²) >= 11 is 0. The number of aromatic nitrogens is 1. The van der Waals surface area contributed by atoms with Crippen LogP contribution in [-0.4, -0.2) is 27.3 Å². The lowest BCUT2D eigenvalue weighted by atomic mass is 10.0. The Hall–Kier alpha value is -4.19. The number of carboxylic acid groups (broad SMARTS) is 1. The Bertz CT molecular complexity index is 1410. The molecule has 1 aromatic heterocycles. The summed E-state index contributed by atoms with van der Waals surface area (Å²) in [6.07, 6.45) is 1.61. The first-order valence-electron chi connectivity index (χ1n) is 10.0. The molecule has 0 aliphatic carbocycles. The number of hydrogen-bond acceptors (Lipinski definition) is 3. The molecule has 1 aliphatic rings. The number of fused-ring (bicyclic) bond motifs is 3. The van der Waals surface area contributed by atoms with Crippen LogP contribution in [0.25, 0.3) is 27.9 Å². The van der Waals surface area contributed by atoms with Crippen LogP contribution in [0, 0.1) is 0 Å². The number of hydrazone groups is 1. The molecule has 0 bridgehead atoms. The van der Waals surface area contributed by atoms with E-state index in [1.54, 1.807) is 30.3 Å². The first kappa shape index (κ1) is 18.8. The maximum Gasteiger partial charge on any atom is 0.357 e. The van der Waals surface area contributed by atoms with E-state index in [-0.39, 0.29) is 11.3 Å². The van der Waals surface area contributed by atoms with Gasteiger partial charge in [0, 0.05) is 28.4 Å². The zero-order chi connectivity index (χ0) is 21.5. The summed E-state index contributed by atoms with van der Waals surface area (Å²) in [7, 11) is 0. The standard InChI is InChI=1S/C25H19N3O3/c1-2-27-21-11-7-6-10-18(21)19-14-16(12-13-22(19)27)15-20-23(25(30)31)26-28(24(20)29)17-8-4-3-5-9-17/h3-15H,2H2,1H3,(H,30,31)/b20-15-. The molecule has 4 aromatic rings. The van der Waals surface area contributed by atoms with Gasteiger partial charge in [0.1, 0.15) is 0 Å². The molecular weight excluding hydrogens is 390 g/mol. The lowest BCUT2D eigenvalue weighted by molar-refractivity contribution is -0.129. The molecule has 0 spiro atoms. The van der Waals surface area contributed by atoms with E-state index in [1.165, 1.54) is 0 Å². The molecule has 0 fully saturated rings. The number of nitrogens with zero attached hydrogens (tertiary/aromatic N) is 3. The molecule has 31 heavy (non-hydrogen) atoms. The van der Waals surface area contributed by atoms with E-state index in [1.807, 2.05) is 36.4 Å². The highest BCUT2D eigenvalue weighted by Gasteiger charge is 2.35. The van der Waals surface area contributed by atoms with Gasteiger partial charge in [-0.3, -0.25) is 4.79 Å². The quantitative estimate of drug-likeness (QED) is 0.497. The number of rotatable bonds is 4. The van der Waals surface area contributed by atoms with Gasteiger partial charge in [-0.05, 0) is 48.9 Å². The number of hydrogen-bond donors (Lipinski definition) is 1. The molecule has 1 aliphatic heterocycles. The minimum atomic E-state index is -1.23. The Morgan fingerprint density at radius 1 is 0.968 bits per heavy atom. The summed E-state index contributed by atoms with van der Waals surface area (Å²) in [6.45, 7) is 2.94. The van der Waals surface area contributed by atoms with Crippen molar-refractivity contribution >= 4 is 51.2 Å². The number of carboxylic acids is 1. The molecule has 6 nitrogen and oxygen atoms in total. The second-order valence-electron chi connectivity index (χ2n) is 7.30. The van der Waals surface area contributed by atoms with Crippen molar-refractivity contribution in [3.63, 3.8) is 0 Å². The fourth-order valence-corrected chi connectivity index (χ4v) is 4.12. The van der Waals surface area contributed by atoms with Crippen molar-refractivity contribution in [1.82, 2.24) is 4.57 Å². The van der Waals surface area contributed by atoms with Gasteiger partial charge in [-0.15, -0.1) is 0 Å². The largest absolute Gasteiger partial charge is 0.476 e. The van der Waals surface area contributed by atoms with E-state index < -0.39 is 11.9 Å². The van der Waals surface area contributed by atoms with Gasteiger partial charge in [-0.2, -0.15) is 10.1 Å². The van der Waals surface area contributed by atoms with Crippen LogP contribution in [0.15, 0.2) is 83.5 Å². The van der Waals surface area contributed by atoms with E-state index in [9.17, 15) is 14.7 Å². The van der Waals surface area contributed by atoms with Crippen LogP contribution < -0.4 is 5.01 Å². The number of aryl methyl sites for hydroxylation is 1. The first-order valence-corrected chi connectivity index (χ1v) is 10.0. The lowest BCUT2D eigenvalue weighted by Crippen LogP contribution is -2.22. The molecule has 5 rings (SSSR count). The number of para-hydroxylation sites is 2. The Balaban J connectivity index is 1.64. The Kier molecular flexibility index (Phi) is 4.40. The van der Waals surface area contributed by atoms with Crippen LogP contribution in [-0.2, 0) is 16.1 Å². The van der Waals surface area contributed by atoms with E-state index >= 15 is 0 Å². The van der Waals surface area contributed by atoms with Crippen molar-refractivity contribution < 1.29 is 14.7 Å². The monoisotopic (exact) mass is 409 g/mol. The van der Waals surface area contributed by atoms with Gasteiger partial charge in [0.05, 0.1) is 11.3 Å². The molecule has 3 aromatic carbocycles. The molecule has 0 radical (unpaired) electrons. The van der Waals surface area contributed by atoms with E-state index in [0.29, 0.717) is 5.69 Å². The number of anilines is 1. The van der Waals surface area contributed by atoms with E-state index in [4.69, 9.17) is 0 Å². The third kappa shape index (κ3) is 3.00. The molecule has 152 valence electrons. The van der Waals surface area contributed by atoms with Crippen LogP contribution >= 0.6 is 0 Å². The van der Waals surface area contributed by atoms with Gasteiger partial charge in [-0.25, -0.2) is 4.79 Å². The fraction of sp³-hybridized carbons (Fsp3) is 0.0800. The van der Waals surface area contributed by atoms with Gasteiger partial charge in [-0.1, -0.05) is 42.5 Å². The normalized spacial score (nSPS) is 15.3. The molecule has 0 unspecified atom stereocenters. The first-order chi connectivity index (χ1) is 15.1. The van der Waals surface area contributed by atoms with E-state index in [2.05, 4.69) is 28.7 Å². The van der Waals surface area contributed by atoms with Crippen LogP contribution in [0.1, 0.15) is 12.5 Å². The van der Waals surface area contributed by atoms with Crippen molar-refractivity contribution in [3.8, 4) is 0 Å². The third-order valence-electron chi connectivity index (χ3n) is 5.50. The highest BCUT2D eigenvalue weighted by molar-refractivity contribution is 6.53. The molecule has 2 heterocycles. The zero-order valence-corrected chi connectivity index (χ0v) is 16.8. The molecule has 0 atom stereocenters. The number of benzene rings is 3. The van der Waals surface area contributed by atoms with Crippen molar-refractivity contribution in [2.75, 3.05) is 5.01 Å². The number of amides is 1. The predicted molar refractivity (Wildman–Crippen MR) is 122 cm³/mol. The topological polar surface area (TPSA) is 74.9 Å². The van der Waals surface area contributed by atoms with E-state index in [0.717, 1.165) is 38.9 Å². The Labute approximate surface area is 178 Å². The van der Waals surface area contributed by atoms with Gasteiger partial charge in [0.25, 0.3) is 5.91 Å². The summed E-state index contributed by atoms with van der Waals surface area (Å²) in [4.78, 5) is 24.8. The summed E-state index contributed by atoms with van der Waals surface area (Å²) in [5.41, 5.74) is 3.32. The van der Waals surface area contributed by atoms with Crippen molar-refractivity contribution in [3.05, 3.63) is 83.9 Å². The predicted octanol–water partition coefficient (Wildman–Crippen LogP) is 4.69. The lowest BCUT2D eigenvalue weighted by Gasteiger charge is -2.10. The zero-order valence-electron chi connectivity index (χ0n) is 16.8. The molecule has 1 amide bonds. The van der Waals surface area contributed by atoms with Gasteiger partial charge < -0.3 is 9.67 Å². The van der Waals surface area contributed by atoms with Gasteiger partial charge in [0.2, 0.25) is 0 Å². The smallest absolute Gasteiger partial charge is 0.357 e. The molecule has 0 saturated carbocycles. The summed E-state index contributed by atoms with van der Waals surface area (Å²) in [6, 6.07) is 22.9. The van der Waals surface area contributed by atoms with Crippen molar-refractivity contribution in [1.29, 1.82) is 0 Å². The average Bonchev–Trinajstić information content (AvgIpc) is 3.29. The fourth-order valence-electron chi connectivity index (χ4n) is 4.12. The summed E-state index contributed by atoms with van der Waals surface area (Å²) in [5.74, 6) is -1.69. The second-order valence-corrected chi connectivity index (χ2v) is 7.30. The van der Waals surface area contributed by atoms with Gasteiger partial charge >= 0.3 is 5.97 Å². The number of carbonyl (C=O) groups is 2. The van der Waals surface area contributed by atoms with Gasteiger partial charge in [0.15, 0.2) is 5.71 Å². The average molecular weight is 409 g/mol. The molecule has 0 saturated heterocycles. The molecule has 6 heteroatoms. The maximum atomic E-state index is 13.0. The third-order valence-corrected chi connectivity index (χ3v) is 5.50. The van der Waals surface area contributed by atoms with Crippen molar-refractivity contribution in [2.45, 2.75) is 13.5 Å². The second kappa shape index (κ2) is 7.25. The number of carbonyl (C=O) groups excluding carboxylic acids is 1. The highest BCUT2D eigenvalue weighted by atomic mass is 16.4. The summed E-state index contributed by atoms with van der Waals surface area (Å²) in [5, 5.41) is 17.0. The van der Waals surface area contributed by atoms with Crippen LogP contribution in [0.4, 0.5) is 5.69 Å². The SMILES string of the molecule is CCn1c2ccccc2c2cc(/C=C3\C(=O)N(c4ccccc4)N=C3C(=O)O)ccc21. The molecular formula is C25H19N3O3. The Morgan fingerprint density at radius 3 is 2.42 bits per heavy atom. The van der Waals surface area contributed by atoms with Crippen LogP contribution in [0.3, 0.4) is 0 Å². The number of aliphatic carboxylic acids is 1. The highest BCUT2D eigenvalue weighted by Crippen LogP contribution is 2.31. The Morgan fingerprint density at radius 2 is 1.68 bits per heavy atom. The van der Waals surface area contributed by atoms with Crippen molar-refractivity contribution in [2.24, 2.45) is 5.10 Å². The minimum Gasteiger partial charge on any atom is -0.476 e.